The van der Waals surface area contributed by atoms with Crippen LogP contribution in [0.1, 0.15) is 57.8 Å². The van der Waals surface area contributed by atoms with E-state index in [0.717, 1.165) is 44.9 Å². The molecule has 2 unspecified atom stereocenters. The van der Waals surface area contributed by atoms with Crippen LogP contribution in [0.25, 0.3) is 0 Å². The van der Waals surface area contributed by atoms with Crippen molar-refractivity contribution in [2.24, 2.45) is 23.1 Å². The van der Waals surface area contributed by atoms with Gasteiger partial charge in [0, 0.05) is 12.8 Å². The first-order valence-corrected chi connectivity index (χ1v) is 12.7. The van der Waals surface area contributed by atoms with Gasteiger partial charge >= 0.3 is 17.9 Å². The van der Waals surface area contributed by atoms with Gasteiger partial charge in [0.15, 0.2) is 0 Å². The summed E-state index contributed by atoms with van der Waals surface area (Å²) in [6.07, 6.45) is 7.42. The largest absolute Gasteiger partial charge is 0.461 e. The lowest BCUT2D eigenvalue weighted by atomic mass is 9.82. The van der Waals surface area contributed by atoms with E-state index in [0.29, 0.717) is 38.6 Å². The number of unbranched alkanes of at least 4 members (excludes halogenated alkanes) is 2. The zero-order chi connectivity index (χ0) is 27.6. The van der Waals surface area contributed by atoms with E-state index in [1.165, 1.54) is 0 Å². The predicted octanol–water partition coefficient (Wildman–Crippen LogP) is 1.94. The summed E-state index contributed by atoms with van der Waals surface area (Å²) in [4.78, 5) is 34.1. The Balaban J connectivity index is 2.42. The Kier molecular flexibility index (Phi) is 15.8. The van der Waals surface area contributed by atoms with Crippen LogP contribution in [-0.2, 0) is 38.1 Å². The minimum absolute atomic E-state index is 0.0267. The monoisotopic (exact) mass is 525 g/mol. The highest BCUT2D eigenvalue weighted by atomic mass is 16.5. The Morgan fingerprint density at radius 1 is 0.568 bits per heavy atom. The van der Waals surface area contributed by atoms with E-state index in [1.54, 1.807) is 0 Å². The molecule has 0 spiro atoms. The number of hydrogen-bond acceptors (Lipinski definition) is 11. The molecular weight excluding hydrogens is 482 g/mol. The van der Waals surface area contributed by atoms with Crippen molar-refractivity contribution in [2.75, 3.05) is 33.0 Å². The molecule has 11 nitrogen and oxygen atoms in total. The van der Waals surface area contributed by atoms with Crippen molar-refractivity contribution in [3.8, 4) is 0 Å². The van der Waals surface area contributed by atoms with Crippen molar-refractivity contribution in [1.82, 2.24) is 0 Å². The van der Waals surface area contributed by atoms with E-state index < -0.39 is 17.9 Å². The summed E-state index contributed by atoms with van der Waals surface area (Å²) in [7, 11) is 0. The highest BCUT2D eigenvalue weighted by Gasteiger charge is 2.29. The quantitative estimate of drug-likeness (QED) is 0.0972. The lowest BCUT2D eigenvalue weighted by Gasteiger charge is -2.35. The van der Waals surface area contributed by atoms with Gasteiger partial charge in [-0.15, -0.1) is 0 Å². The van der Waals surface area contributed by atoms with E-state index in [1.807, 2.05) is 0 Å². The Morgan fingerprint density at radius 3 is 1.38 bits per heavy atom. The molecule has 1 rings (SSSR count). The van der Waals surface area contributed by atoms with Crippen LogP contribution in [0.3, 0.4) is 0 Å². The normalized spacial score (nSPS) is 19.0. The van der Waals surface area contributed by atoms with Crippen LogP contribution in [0.15, 0.2) is 36.8 Å². The summed E-state index contributed by atoms with van der Waals surface area (Å²) < 4.78 is 27.2. The maximum absolute atomic E-state index is 11.4. The molecule has 0 aromatic heterocycles. The maximum Gasteiger partial charge on any atom is 0.353 e. The van der Waals surface area contributed by atoms with Gasteiger partial charge in [0.1, 0.15) is 17.1 Å². The molecule has 1 saturated carbocycles. The standard InChI is InChI=1S/C26H43N3O8/c1-18(27)24(30)35-10-6-4-5-9-21-15-22(33-11-7-13-36-25(31)19(2)28)17-23(16-21)34-12-8-14-37-26(32)20(3)29/h21-23H,1-17,27-29H2. The minimum atomic E-state index is -0.615. The molecule has 37 heavy (non-hydrogen) atoms. The summed E-state index contributed by atoms with van der Waals surface area (Å²) in [6.45, 7) is 11.7. The number of carbonyl (C=O) groups is 3. The highest BCUT2D eigenvalue weighted by Crippen LogP contribution is 2.32. The molecule has 0 heterocycles. The van der Waals surface area contributed by atoms with Crippen LogP contribution in [0, 0.1) is 5.92 Å². The first-order valence-electron chi connectivity index (χ1n) is 12.7. The molecular formula is C26H43N3O8. The zero-order valence-corrected chi connectivity index (χ0v) is 21.8. The third kappa shape index (κ3) is 14.9. The minimum Gasteiger partial charge on any atom is -0.461 e. The van der Waals surface area contributed by atoms with Gasteiger partial charge in [0.2, 0.25) is 0 Å². The molecule has 0 aromatic carbocycles. The van der Waals surface area contributed by atoms with Gasteiger partial charge in [-0.25, -0.2) is 14.4 Å². The van der Waals surface area contributed by atoms with Gasteiger partial charge in [-0.1, -0.05) is 39.0 Å². The summed E-state index contributed by atoms with van der Waals surface area (Å²) in [5, 5.41) is 0. The Morgan fingerprint density at radius 2 is 0.973 bits per heavy atom. The first-order chi connectivity index (χ1) is 17.6. The van der Waals surface area contributed by atoms with Crippen molar-refractivity contribution >= 4 is 17.9 Å². The second-order valence-corrected chi connectivity index (χ2v) is 9.10. The number of carbonyl (C=O) groups excluding carboxylic acids is 3. The number of rotatable bonds is 19. The van der Waals surface area contributed by atoms with Crippen molar-refractivity contribution < 1.29 is 38.1 Å². The fourth-order valence-corrected chi connectivity index (χ4v) is 3.94. The van der Waals surface area contributed by atoms with E-state index in [-0.39, 0.29) is 42.5 Å². The second kappa shape index (κ2) is 18.2. The van der Waals surface area contributed by atoms with Gasteiger partial charge in [0.25, 0.3) is 0 Å². The average Bonchev–Trinajstić information content (AvgIpc) is 2.84. The summed E-state index contributed by atoms with van der Waals surface area (Å²) in [5.74, 6) is -1.38. The van der Waals surface area contributed by atoms with Crippen LogP contribution in [-0.4, -0.2) is 63.2 Å². The summed E-state index contributed by atoms with van der Waals surface area (Å²) >= 11 is 0. The molecule has 6 N–H and O–H groups in total. The van der Waals surface area contributed by atoms with Crippen LogP contribution in [0.2, 0.25) is 0 Å². The topological polar surface area (TPSA) is 175 Å². The lowest BCUT2D eigenvalue weighted by molar-refractivity contribution is -0.140. The van der Waals surface area contributed by atoms with Gasteiger partial charge in [-0.2, -0.15) is 0 Å². The Hall–Kier alpha value is -3.05. The van der Waals surface area contributed by atoms with Crippen molar-refractivity contribution in [2.45, 2.75) is 70.0 Å². The van der Waals surface area contributed by atoms with E-state index in [2.05, 4.69) is 19.7 Å². The smallest absolute Gasteiger partial charge is 0.353 e. The molecule has 1 aliphatic carbocycles. The molecule has 0 radical (unpaired) electrons. The first kappa shape index (κ1) is 32.0. The number of esters is 3. The molecule has 210 valence electrons. The third-order valence-corrected chi connectivity index (χ3v) is 5.75. The van der Waals surface area contributed by atoms with Gasteiger partial charge < -0.3 is 40.9 Å². The fraction of sp³-hybridized carbons (Fsp3) is 0.654. The number of hydrogen-bond donors (Lipinski definition) is 3. The Bertz CT molecular complexity index is 742. The molecule has 0 aliphatic heterocycles. The third-order valence-electron chi connectivity index (χ3n) is 5.75. The van der Waals surface area contributed by atoms with E-state index in [9.17, 15) is 14.4 Å². The molecule has 0 amide bonds. The van der Waals surface area contributed by atoms with Crippen LogP contribution in [0.4, 0.5) is 0 Å². The molecule has 11 heteroatoms. The molecule has 0 saturated heterocycles. The van der Waals surface area contributed by atoms with Crippen molar-refractivity contribution in [1.29, 1.82) is 0 Å². The van der Waals surface area contributed by atoms with Crippen LogP contribution in [0.5, 0.6) is 0 Å². The number of ether oxygens (including phenoxy) is 5. The van der Waals surface area contributed by atoms with Crippen molar-refractivity contribution in [3.05, 3.63) is 36.8 Å². The summed E-state index contributed by atoms with van der Waals surface area (Å²) in [6, 6.07) is 0. The van der Waals surface area contributed by atoms with E-state index >= 15 is 0 Å². The maximum atomic E-state index is 11.4. The van der Waals surface area contributed by atoms with Gasteiger partial charge in [-0.05, 0) is 31.6 Å². The van der Waals surface area contributed by atoms with Crippen LogP contribution >= 0.6 is 0 Å². The van der Waals surface area contributed by atoms with Gasteiger partial charge in [-0.3, -0.25) is 0 Å². The van der Waals surface area contributed by atoms with Crippen LogP contribution < -0.4 is 17.2 Å². The molecule has 2 atom stereocenters. The molecule has 1 aliphatic rings. The fourth-order valence-electron chi connectivity index (χ4n) is 3.94. The second-order valence-electron chi connectivity index (χ2n) is 9.10. The van der Waals surface area contributed by atoms with Crippen molar-refractivity contribution in [3.63, 3.8) is 0 Å². The predicted molar refractivity (Wildman–Crippen MR) is 137 cm³/mol. The molecule has 0 bridgehead atoms. The number of nitrogens with two attached hydrogens (primary N) is 3. The average molecular weight is 526 g/mol. The lowest BCUT2D eigenvalue weighted by Crippen LogP contribution is -2.34. The zero-order valence-electron chi connectivity index (χ0n) is 21.8. The SMILES string of the molecule is C=C(N)C(=O)OCCCCCC1CC(OCCCOC(=O)C(=C)N)CC(OCCCOC(=O)C(=C)N)C1. The van der Waals surface area contributed by atoms with Gasteiger partial charge in [0.05, 0.1) is 45.2 Å². The Labute approximate surface area is 219 Å². The summed E-state index contributed by atoms with van der Waals surface area (Å²) in [5.41, 5.74) is 15.6. The molecule has 0 aromatic rings. The highest BCUT2D eigenvalue weighted by molar-refractivity contribution is 5.87. The molecule has 1 fully saturated rings. The van der Waals surface area contributed by atoms with E-state index in [4.69, 9.17) is 40.9 Å².